The van der Waals surface area contributed by atoms with E-state index in [0.717, 1.165) is 11.3 Å². The number of thiophene rings is 1. The first kappa shape index (κ1) is 14.0. The Bertz CT molecular complexity index is 551. The molecular weight excluding hydrogens is 263 g/mol. The molecule has 0 amide bonds. The topological polar surface area (TPSA) is 29.5 Å². The standard InChI is InChI=1S/C15H17FO2S/c1-3-11-5-6-12(19-11)9-15(17)13-7-4-10(18-2)8-14(13)16/h4-8,15,17H,3,9H2,1-2H3. The molecule has 1 N–H and O–H groups in total. The number of aliphatic hydroxyl groups excluding tert-OH is 1. The average molecular weight is 280 g/mol. The van der Waals surface area contributed by atoms with E-state index < -0.39 is 11.9 Å². The number of hydrogen-bond donors (Lipinski definition) is 1. The van der Waals surface area contributed by atoms with Gasteiger partial charge in [0.05, 0.1) is 13.2 Å². The molecule has 0 saturated carbocycles. The number of rotatable bonds is 5. The van der Waals surface area contributed by atoms with Gasteiger partial charge in [-0.2, -0.15) is 0 Å². The average Bonchev–Trinajstić information content (AvgIpc) is 2.86. The van der Waals surface area contributed by atoms with E-state index in [-0.39, 0.29) is 0 Å². The number of methoxy groups -OCH3 is 1. The van der Waals surface area contributed by atoms with Crippen LogP contribution in [-0.4, -0.2) is 12.2 Å². The molecule has 19 heavy (non-hydrogen) atoms. The van der Waals surface area contributed by atoms with Crippen LogP contribution in [0.4, 0.5) is 4.39 Å². The second-order valence-corrected chi connectivity index (χ2v) is 5.58. The summed E-state index contributed by atoms with van der Waals surface area (Å²) in [5.74, 6) is 0.0250. The van der Waals surface area contributed by atoms with Gasteiger partial charge in [0.2, 0.25) is 0 Å². The number of hydrogen-bond acceptors (Lipinski definition) is 3. The molecule has 0 spiro atoms. The Kier molecular flexibility index (Phi) is 4.56. The lowest BCUT2D eigenvalue weighted by atomic mass is 10.0. The fourth-order valence-corrected chi connectivity index (χ4v) is 2.92. The molecule has 1 aromatic carbocycles. The van der Waals surface area contributed by atoms with Gasteiger partial charge in [-0.05, 0) is 30.7 Å². The van der Waals surface area contributed by atoms with Crippen LogP contribution >= 0.6 is 11.3 Å². The van der Waals surface area contributed by atoms with Crippen LogP contribution in [0.15, 0.2) is 30.3 Å². The molecule has 0 bridgehead atoms. The molecule has 0 radical (unpaired) electrons. The van der Waals surface area contributed by atoms with Gasteiger partial charge in [0.25, 0.3) is 0 Å². The molecular formula is C15H17FO2S. The van der Waals surface area contributed by atoms with Gasteiger partial charge < -0.3 is 9.84 Å². The molecule has 0 aliphatic rings. The van der Waals surface area contributed by atoms with Crippen LogP contribution in [0.25, 0.3) is 0 Å². The summed E-state index contributed by atoms with van der Waals surface area (Å²) in [4.78, 5) is 2.34. The number of halogens is 1. The first-order chi connectivity index (χ1) is 9.13. The van der Waals surface area contributed by atoms with E-state index in [2.05, 4.69) is 13.0 Å². The Hall–Kier alpha value is -1.39. The van der Waals surface area contributed by atoms with Crippen molar-refractivity contribution in [2.24, 2.45) is 0 Å². The van der Waals surface area contributed by atoms with Crippen LogP contribution in [0, 0.1) is 5.82 Å². The van der Waals surface area contributed by atoms with Crippen LogP contribution in [0.5, 0.6) is 5.75 Å². The van der Waals surface area contributed by atoms with Crippen molar-refractivity contribution in [3.8, 4) is 5.75 Å². The predicted octanol–water partition coefficient (Wildman–Crippen LogP) is 3.73. The maximum atomic E-state index is 13.8. The lowest BCUT2D eigenvalue weighted by Crippen LogP contribution is -2.03. The largest absolute Gasteiger partial charge is 0.497 e. The fraction of sp³-hybridized carbons (Fsp3) is 0.333. The summed E-state index contributed by atoms with van der Waals surface area (Å²) in [6, 6.07) is 8.58. The maximum absolute atomic E-state index is 13.8. The fourth-order valence-electron chi connectivity index (χ4n) is 1.93. The molecule has 2 rings (SSSR count). The minimum Gasteiger partial charge on any atom is -0.497 e. The van der Waals surface area contributed by atoms with Gasteiger partial charge >= 0.3 is 0 Å². The molecule has 4 heteroatoms. The number of aliphatic hydroxyl groups is 1. The smallest absolute Gasteiger partial charge is 0.132 e. The highest BCUT2D eigenvalue weighted by molar-refractivity contribution is 7.11. The Balaban J connectivity index is 2.13. The Labute approximate surface area is 116 Å². The zero-order valence-corrected chi connectivity index (χ0v) is 11.8. The lowest BCUT2D eigenvalue weighted by Gasteiger charge is -2.11. The van der Waals surface area contributed by atoms with Gasteiger partial charge in [-0.25, -0.2) is 4.39 Å². The van der Waals surface area contributed by atoms with Crippen molar-refractivity contribution >= 4 is 11.3 Å². The molecule has 1 aromatic heterocycles. The Morgan fingerprint density at radius 1 is 1.26 bits per heavy atom. The third-order valence-electron chi connectivity index (χ3n) is 3.03. The molecule has 1 atom stereocenters. The highest BCUT2D eigenvalue weighted by atomic mass is 32.1. The summed E-state index contributed by atoms with van der Waals surface area (Å²) in [6.07, 6.45) is 0.597. The molecule has 0 fully saturated rings. The van der Waals surface area contributed by atoms with E-state index in [1.54, 1.807) is 23.5 Å². The highest BCUT2D eigenvalue weighted by Gasteiger charge is 2.15. The van der Waals surface area contributed by atoms with Gasteiger partial charge in [-0.1, -0.05) is 6.92 Å². The number of benzene rings is 1. The van der Waals surface area contributed by atoms with Gasteiger partial charge in [0.1, 0.15) is 11.6 Å². The van der Waals surface area contributed by atoms with Crippen molar-refractivity contribution < 1.29 is 14.2 Å². The zero-order valence-electron chi connectivity index (χ0n) is 11.0. The van der Waals surface area contributed by atoms with Crippen LogP contribution in [0.2, 0.25) is 0 Å². The van der Waals surface area contributed by atoms with Gasteiger partial charge in [-0.15, -0.1) is 11.3 Å². The molecule has 102 valence electrons. The van der Waals surface area contributed by atoms with Crippen molar-refractivity contribution in [2.75, 3.05) is 7.11 Å². The van der Waals surface area contributed by atoms with Crippen LogP contribution < -0.4 is 4.74 Å². The van der Waals surface area contributed by atoms with Crippen molar-refractivity contribution in [1.29, 1.82) is 0 Å². The molecule has 1 unspecified atom stereocenters. The molecule has 0 aliphatic carbocycles. The summed E-state index contributed by atoms with van der Waals surface area (Å²) in [5.41, 5.74) is 0.312. The summed E-state index contributed by atoms with van der Waals surface area (Å²) >= 11 is 1.66. The van der Waals surface area contributed by atoms with E-state index in [1.165, 1.54) is 18.1 Å². The minimum atomic E-state index is -0.825. The number of ether oxygens (including phenoxy) is 1. The van der Waals surface area contributed by atoms with E-state index >= 15 is 0 Å². The molecule has 0 saturated heterocycles. The lowest BCUT2D eigenvalue weighted by molar-refractivity contribution is 0.174. The molecule has 1 heterocycles. The molecule has 2 aromatic rings. The number of aryl methyl sites for hydroxylation is 1. The first-order valence-electron chi connectivity index (χ1n) is 6.23. The van der Waals surface area contributed by atoms with Gasteiger partial charge in [0, 0.05) is 27.8 Å². The third-order valence-corrected chi connectivity index (χ3v) is 4.28. The van der Waals surface area contributed by atoms with Crippen LogP contribution in [0.3, 0.4) is 0 Å². The summed E-state index contributed by atoms with van der Waals surface area (Å²) in [7, 11) is 1.49. The Morgan fingerprint density at radius 3 is 2.58 bits per heavy atom. The van der Waals surface area contributed by atoms with E-state index in [4.69, 9.17) is 4.74 Å². The van der Waals surface area contributed by atoms with Crippen molar-refractivity contribution in [3.05, 3.63) is 51.5 Å². The summed E-state index contributed by atoms with van der Waals surface area (Å²) in [5, 5.41) is 10.1. The van der Waals surface area contributed by atoms with Gasteiger partial charge in [0.15, 0.2) is 0 Å². The predicted molar refractivity (Wildman–Crippen MR) is 75.3 cm³/mol. The Morgan fingerprint density at radius 2 is 2.00 bits per heavy atom. The molecule has 0 aliphatic heterocycles. The van der Waals surface area contributed by atoms with E-state index in [1.807, 2.05) is 6.07 Å². The van der Waals surface area contributed by atoms with Crippen molar-refractivity contribution in [3.63, 3.8) is 0 Å². The summed E-state index contributed by atoms with van der Waals surface area (Å²) in [6.45, 7) is 2.09. The molecule has 2 nitrogen and oxygen atoms in total. The minimum absolute atomic E-state index is 0.312. The second-order valence-electron chi connectivity index (χ2n) is 4.33. The zero-order chi connectivity index (χ0) is 13.8. The van der Waals surface area contributed by atoms with E-state index in [9.17, 15) is 9.50 Å². The third kappa shape index (κ3) is 3.33. The maximum Gasteiger partial charge on any atom is 0.132 e. The normalized spacial score (nSPS) is 12.4. The van der Waals surface area contributed by atoms with E-state index in [0.29, 0.717) is 17.7 Å². The SMILES string of the molecule is CCc1ccc(CC(O)c2ccc(OC)cc2F)s1. The first-order valence-corrected chi connectivity index (χ1v) is 7.04. The quantitative estimate of drug-likeness (QED) is 0.904. The van der Waals surface area contributed by atoms with Gasteiger partial charge in [-0.3, -0.25) is 0 Å². The second kappa shape index (κ2) is 6.17. The highest BCUT2D eigenvalue weighted by Crippen LogP contribution is 2.27. The van der Waals surface area contributed by atoms with Crippen molar-refractivity contribution in [1.82, 2.24) is 0 Å². The monoisotopic (exact) mass is 280 g/mol. The van der Waals surface area contributed by atoms with Crippen LogP contribution in [0.1, 0.15) is 28.3 Å². The van der Waals surface area contributed by atoms with Crippen LogP contribution in [-0.2, 0) is 12.8 Å². The van der Waals surface area contributed by atoms with Crippen molar-refractivity contribution in [2.45, 2.75) is 25.9 Å². The summed E-state index contributed by atoms with van der Waals surface area (Å²) < 4.78 is 18.8.